The normalized spacial score (nSPS) is 10.9. The molecule has 0 aliphatic heterocycles. The molecule has 0 atom stereocenters. The Kier molecular flexibility index (Phi) is 5.88. The van der Waals surface area contributed by atoms with Crippen LogP contribution in [0, 0.1) is 0 Å². The molecule has 0 radical (unpaired) electrons. The molecule has 0 fully saturated rings. The Morgan fingerprint density at radius 2 is 1.73 bits per heavy atom. The minimum Gasteiger partial charge on any atom is -0.308 e. The number of nitrogens with zero attached hydrogens (tertiary/aromatic N) is 1. The molecule has 30 heavy (non-hydrogen) atoms. The highest BCUT2D eigenvalue weighted by atomic mass is 32.1. The van der Waals surface area contributed by atoms with Crippen molar-refractivity contribution in [3.05, 3.63) is 83.2 Å². The van der Waals surface area contributed by atoms with Crippen molar-refractivity contribution >= 4 is 50.5 Å². The third-order valence-corrected chi connectivity index (χ3v) is 5.82. The zero-order chi connectivity index (χ0) is 21.1. The molecule has 2 N–H and O–H groups in total. The summed E-state index contributed by atoms with van der Waals surface area (Å²) in [5, 5.41) is 10.9. The van der Waals surface area contributed by atoms with E-state index in [0.717, 1.165) is 16.6 Å². The molecule has 3 aromatic carbocycles. The Balaban J connectivity index is 1.44. The van der Waals surface area contributed by atoms with Crippen molar-refractivity contribution in [1.82, 2.24) is 10.3 Å². The molecule has 150 valence electrons. The molecule has 0 spiro atoms. The lowest BCUT2D eigenvalue weighted by molar-refractivity contribution is 0.0977. The molecule has 4 rings (SSSR count). The summed E-state index contributed by atoms with van der Waals surface area (Å²) in [5.41, 5.74) is 3.70. The van der Waals surface area contributed by atoms with Gasteiger partial charge in [-0.2, -0.15) is 0 Å². The van der Waals surface area contributed by atoms with Crippen LogP contribution in [0.15, 0.2) is 72.1 Å². The number of amides is 1. The van der Waals surface area contributed by atoms with E-state index in [0.29, 0.717) is 16.6 Å². The van der Waals surface area contributed by atoms with Crippen LogP contribution in [0.5, 0.6) is 0 Å². The molecule has 1 aromatic heterocycles. The number of fused-ring (bicyclic) bond motifs is 1. The number of hydrogen-bond donors (Lipinski definition) is 2. The molecule has 6 heteroatoms. The zero-order valence-corrected chi connectivity index (χ0v) is 18.3. The maximum absolute atomic E-state index is 12.4. The molecule has 4 nitrogen and oxygen atoms in total. The van der Waals surface area contributed by atoms with Gasteiger partial charge < -0.3 is 5.32 Å². The van der Waals surface area contributed by atoms with E-state index >= 15 is 0 Å². The third-order valence-electron chi connectivity index (χ3n) is 4.86. The quantitative estimate of drug-likeness (QED) is 0.377. The van der Waals surface area contributed by atoms with Gasteiger partial charge in [0.25, 0.3) is 5.91 Å². The summed E-state index contributed by atoms with van der Waals surface area (Å²) in [4.78, 5) is 17.1. The van der Waals surface area contributed by atoms with E-state index in [9.17, 15) is 4.79 Å². The molecule has 0 saturated heterocycles. The van der Waals surface area contributed by atoms with Crippen molar-refractivity contribution in [2.24, 2.45) is 0 Å². The molecular formula is C24H21N3OS2. The number of carbonyl (C=O) groups excluding carboxylic acids is 1. The van der Waals surface area contributed by atoms with E-state index < -0.39 is 0 Å². The van der Waals surface area contributed by atoms with E-state index in [-0.39, 0.29) is 11.0 Å². The van der Waals surface area contributed by atoms with Crippen molar-refractivity contribution in [3.8, 4) is 11.3 Å². The molecule has 1 heterocycles. The smallest absolute Gasteiger partial charge is 0.257 e. The van der Waals surface area contributed by atoms with Crippen LogP contribution in [-0.2, 0) is 0 Å². The fraction of sp³-hybridized carbons (Fsp3) is 0.125. The van der Waals surface area contributed by atoms with Crippen LogP contribution in [0.2, 0.25) is 0 Å². The van der Waals surface area contributed by atoms with Crippen LogP contribution >= 0.6 is 23.6 Å². The molecule has 0 unspecified atom stereocenters. The highest BCUT2D eigenvalue weighted by Gasteiger charge is 2.12. The van der Waals surface area contributed by atoms with Crippen molar-refractivity contribution in [2.45, 2.75) is 19.8 Å². The van der Waals surface area contributed by atoms with Crippen molar-refractivity contribution in [1.29, 1.82) is 0 Å². The van der Waals surface area contributed by atoms with Crippen molar-refractivity contribution in [3.63, 3.8) is 0 Å². The predicted octanol–water partition coefficient (Wildman–Crippen LogP) is 6.21. The predicted molar refractivity (Wildman–Crippen MR) is 129 cm³/mol. The summed E-state index contributed by atoms with van der Waals surface area (Å²) >= 11 is 6.75. The third kappa shape index (κ3) is 4.40. The minimum absolute atomic E-state index is 0.228. The highest BCUT2D eigenvalue weighted by Crippen LogP contribution is 2.30. The summed E-state index contributed by atoms with van der Waals surface area (Å²) < 4.78 is 0. The summed E-state index contributed by atoms with van der Waals surface area (Å²) in [6, 6.07) is 22.0. The van der Waals surface area contributed by atoms with Crippen LogP contribution in [-0.4, -0.2) is 16.0 Å². The maximum Gasteiger partial charge on any atom is 0.257 e. The molecule has 4 aromatic rings. The van der Waals surface area contributed by atoms with Gasteiger partial charge in [-0.1, -0.05) is 68.4 Å². The number of nitrogens with one attached hydrogen (secondary N) is 2. The van der Waals surface area contributed by atoms with E-state index in [1.807, 2.05) is 47.8 Å². The van der Waals surface area contributed by atoms with Crippen LogP contribution in [0.3, 0.4) is 0 Å². The lowest BCUT2D eigenvalue weighted by Crippen LogP contribution is -2.34. The Morgan fingerprint density at radius 3 is 2.50 bits per heavy atom. The van der Waals surface area contributed by atoms with Crippen LogP contribution in [0.25, 0.3) is 22.0 Å². The second-order valence-corrected chi connectivity index (χ2v) is 8.52. The van der Waals surface area contributed by atoms with Gasteiger partial charge in [-0.3, -0.25) is 10.1 Å². The van der Waals surface area contributed by atoms with Gasteiger partial charge in [0, 0.05) is 16.5 Å². The number of benzene rings is 3. The van der Waals surface area contributed by atoms with Gasteiger partial charge in [0.1, 0.15) is 0 Å². The number of thiocarbonyl (C=S) groups is 1. The molecule has 0 aliphatic rings. The average molecular weight is 432 g/mol. The first kappa shape index (κ1) is 20.2. The van der Waals surface area contributed by atoms with E-state index in [2.05, 4.69) is 53.7 Å². The van der Waals surface area contributed by atoms with E-state index in [4.69, 9.17) is 12.2 Å². The number of thiazole rings is 1. The number of carbonyl (C=O) groups is 1. The van der Waals surface area contributed by atoms with Gasteiger partial charge in [-0.05, 0) is 46.6 Å². The topological polar surface area (TPSA) is 54.0 Å². The lowest BCUT2D eigenvalue weighted by Gasteiger charge is -2.09. The van der Waals surface area contributed by atoms with Gasteiger partial charge >= 0.3 is 0 Å². The summed E-state index contributed by atoms with van der Waals surface area (Å²) in [7, 11) is 0. The summed E-state index contributed by atoms with van der Waals surface area (Å²) in [6.07, 6.45) is 0. The van der Waals surface area contributed by atoms with E-state index in [1.54, 1.807) is 0 Å². The van der Waals surface area contributed by atoms with Gasteiger partial charge in [-0.15, -0.1) is 11.3 Å². The SMILES string of the molecule is CC(C)c1ccc(C(=O)NC(=S)Nc2nc(-c3cccc4ccccc34)cs2)cc1. The van der Waals surface area contributed by atoms with Gasteiger partial charge in [-0.25, -0.2) is 4.98 Å². The molecule has 0 saturated carbocycles. The van der Waals surface area contributed by atoms with Crippen molar-refractivity contribution < 1.29 is 4.79 Å². The standard InChI is InChI=1S/C24H21N3OS2/c1-15(2)16-10-12-18(13-11-16)22(28)26-23(29)27-24-25-21(14-30-24)20-9-5-7-17-6-3-4-8-19(17)20/h3-15H,1-2H3,(H2,25,26,27,28,29). The fourth-order valence-electron chi connectivity index (χ4n) is 3.23. The Bertz CT molecular complexity index is 1210. The van der Waals surface area contributed by atoms with Crippen LogP contribution < -0.4 is 10.6 Å². The second kappa shape index (κ2) is 8.73. The largest absolute Gasteiger partial charge is 0.308 e. The summed E-state index contributed by atoms with van der Waals surface area (Å²) in [6.45, 7) is 4.24. The van der Waals surface area contributed by atoms with Gasteiger partial charge in [0.15, 0.2) is 10.2 Å². The van der Waals surface area contributed by atoms with Gasteiger partial charge in [0.2, 0.25) is 0 Å². The lowest BCUT2D eigenvalue weighted by atomic mass is 10.0. The monoisotopic (exact) mass is 431 g/mol. The number of rotatable bonds is 4. The first-order valence-corrected chi connectivity index (χ1v) is 11.0. The molecule has 1 amide bonds. The molecular weight excluding hydrogens is 410 g/mol. The van der Waals surface area contributed by atoms with E-state index in [1.165, 1.54) is 22.3 Å². The van der Waals surface area contributed by atoms with Crippen LogP contribution in [0.1, 0.15) is 35.7 Å². The number of aromatic nitrogens is 1. The highest BCUT2D eigenvalue weighted by molar-refractivity contribution is 7.80. The molecule has 0 aliphatic carbocycles. The number of hydrogen-bond acceptors (Lipinski definition) is 4. The van der Waals surface area contributed by atoms with Crippen molar-refractivity contribution in [2.75, 3.05) is 5.32 Å². The molecule has 0 bridgehead atoms. The number of anilines is 1. The Labute approximate surface area is 185 Å². The summed E-state index contributed by atoms with van der Waals surface area (Å²) in [5.74, 6) is 0.180. The second-order valence-electron chi connectivity index (χ2n) is 7.25. The minimum atomic E-state index is -0.242. The van der Waals surface area contributed by atoms with Crippen LogP contribution in [0.4, 0.5) is 5.13 Å². The van der Waals surface area contributed by atoms with Gasteiger partial charge in [0.05, 0.1) is 5.69 Å². The maximum atomic E-state index is 12.4. The Morgan fingerprint density at radius 1 is 1.00 bits per heavy atom. The average Bonchev–Trinajstić information content (AvgIpc) is 3.21. The Hall–Kier alpha value is -3.09. The first-order valence-electron chi connectivity index (χ1n) is 9.67. The fourth-order valence-corrected chi connectivity index (χ4v) is 4.20. The zero-order valence-electron chi connectivity index (χ0n) is 16.7. The first-order chi connectivity index (χ1) is 14.5.